The van der Waals surface area contributed by atoms with Gasteiger partial charge in [-0.1, -0.05) is 6.07 Å². The molecule has 0 unspecified atom stereocenters. The number of hydrogen-bond donors (Lipinski definition) is 2. The number of phenolic OH excluding ortho intramolecular Hbond substituents is 1. The molecule has 2 aromatic rings. The fourth-order valence-corrected chi connectivity index (χ4v) is 3.09. The highest BCUT2D eigenvalue weighted by molar-refractivity contribution is 5.85. The van der Waals surface area contributed by atoms with Crippen molar-refractivity contribution >= 4 is 17.6 Å². The molecule has 0 bridgehead atoms. The number of aryl methyl sites for hydroxylation is 1. The Balaban J connectivity index is 1.65. The topological polar surface area (TPSA) is 40.3 Å². The average molecular weight is 324 g/mol. The van der Waals surface area contributed by atoms with Crippen molar-refractivity contribution in [1.82, 2.24) is 0 Å². The van der Waals surface area contributed by atoms with Crippen LogP contribution in [0, 0.1) is 6.92 Å². The lowest BCUT2D eigenvalue weighted by molar-refractivity contribution is -0.898. The smallest absolute Gasteiger partial charge is 0.124 e. The molecule has 0 aliphatic carbocycles. The number of aliphatic imine (C=N–C) groups is 1. The van der Waals surface area contributed by atoms with Crippen molar-refractivity contribution in [3.8, 4) is 5.75 Å². The quantitative estimate of drug-likeness (QED) is 0.846. The van der Waals surface area contributed by atoms with E-state index in [0.717, 1.165) is 29.9 Å². The van der Waals surface area contributed by atoms with E-state index in [2.05, 4.69) is 28.9 Å². The van der Waals surface area contributed by atoms with Crippen LogP contribution in [0.1, 0.15) is 18.1 Å². The first-order valence-corrected chi connectivity index (χ1v) is 8.68. The van der Waals surface area contributed by atoms with Crippen LogP contribution in [-0.2, 0) is 0 Å². The minimum Gasteiger partial charge on any atom is -0.507 e. The van der Waals surface area contributed by atoms with E-state index in [0.29, 0.717) is 0 Å². The van der Waals surface area contributed by atoms with E-state index in [1.165, 1.54) is 25.3 Å². The van der Waals surface area contributed by atoms with Crippen LogP contribution >= 0.6 is 0 Å². The van der Waals surface area contributed by atoms with Crippen LogP contribution in [0.2, 0.25) is 0 Å². The summed E-state index contributed by atoms with van der Waals surface area (Å²) in [6.07, 6.45) is 1.72. The zero-order valence-electron chi connectivity index (χ0n) is 14.5. The van der Waals surface area contributed by atoms with Crippen LogP contribution < -0.4 is 9.80 Å². The number of quaternary nitrogens is 1. The summed E-state index contributed by atoms with van der Waals surface area (Å²) in [6.45, 7) is 10.1. The number of nitrogens with zero attached hydrogens (tertiary/aromatic N) is 2. The van der Waals surface area contributed by atoms with Gasteiger partial charge >= 0.3 is 0 Å². The maximum Gasteiger partial charge on any atom is 0.124 e. The number of hydrogen-bond acceptors (Lipinski definition) is 3. The fourth-order valence-electron chi connectivity index (χ4n) is 3.09. The van der Waals surface area contributed by atoms with Crippen LogP contribution in [0.25, 0.3) is 0 Å². The molecular weight excluding hydrogens is 298 g/mol. The molecule has 1 heterocycles. The van der Waals surface area contributed by atoms with Gasteiger partial charge in [-0.2, -0.15) is 0 Å². The number of anilines is 1. The Morgan fingerprint density at radius 3 is 2.46 bits per heavy atom. The van der Waals surface area contributed by atoms with Crippen molar-refractivity contribution < 1.29 is 10.0 Å². The van der Waals surface area contributed by atoms with Gasteiger partial charge in [-0.3, -0.25) is 4.99 Å². The Bertz CT molecular complexity index is 701. The third kappa shape index (κ3) is 3.95. The van der Waals surface area contributed by atoms with Crippen LogP contribution in [0.5, 0.6) is 5.75 Å². The van der Waals surface area contributed by atoms with Crippen LogP contribution in [-0.4, -0.2) is 44.0 Å². The van der Waals surface area contributed by atoms with Crippen molar-refractivity contribution in [3.63, 3.8) is 0 Å². The number of nitrogens with one attached hydrogen (secondary N) is 1. The molecule has 0 spiro atoms. The predicted octanol–water partition coefficient (Wildman–Crippen LogP) is 2.18. The standard InChI is InChI=1S/C20H25N3O/c1-3-22-10-12-23(13-11-22)19-8-6-18(7-9-19)21-15-17-5-4-16(2)14-20(17)24/h4-9,14-15,24H,3,10-13H2,1-2H3/p+1. The monoisotopic (exact) mass is 324 g/mol. The summed E-state index contributed by atoms with van der Waals surface area (Å²) in [5, 5.41) is 9.93. The van der Waals surface area contributed by atoms with Gasteiger partial charge in [0.25, 0.3) is 0 Å². The number of phenols is 1. The van der Waals surface area contributed by atoms with Gasteiger partial charge in [0.1, 0.15) is 5.75 Å². The molecule has 0 saturated carbocycles. The summed E-state index contributed by atoms with van der Waals surface area (Å²) in [7, 11) is 0. The first kappa shape index (κ1) is 16.5. The van der Waals surface area contributed by atoms with Gasteiger partial charge in [-0.25, -0.2) is 0 Å². The molecule has 0 atom stereocenters. The third-order valence-corrected chi connectivity index (χ3v) is 4.72. The number of likely N-dealkylation sites (N-methyl/N-ethyl adjacent to an activating group) is 1. The molecule has 0 radical (unpaired) electrons. The highest BCUT2D eigenvalue weighted by atomic mass is 16.3. The summed E-state index contributed by atoms with van der Waals surface area (Å²) in [5.74, 6) is 0.270. The van der Waals surface area contributed by atoms with Gasteiger partial charge in [0.05, 0.1) is 38.4 Å². The Kier molecular flexibility index (Phi) is 5.16. The summed E-state index contributed by atoms with van der Waals surface area (Å²) in [6, 6.07) is 14.0. The first-order chi connectivity index (χ1) is 11.7. The van der Waals surface area contributed by atoms with E-state index in [4.69, 9.17) is 0 Å². The molecule has 1 fully saturated rings. The SMILES string of the molecule is CC[NH+]1CCN(c2ccc(N=Cc3ccc(C)cc3O)cc2)CC1. The van der Waals surface area contributed by atoms with E-state index in [1.807, 2.05) is 31.2 Å². The average Bonchev–Trinajstić information content (AvgIpc) is 2.62. The Morgan fingerprint density at radius 2 is 1.83 bits per heavy atom. The molecule has 4 nitrogen and oxygen atoms in total. The highest BCUT2D eigenvalue weighted by Crippen LogP contribution is 2.21. The molecule has 24 heavy (non-hydrogen) atoms. The summed E-state index contributed by atoms with van der Waals surface area (Å²) < 4.78 is 0. The summed E-state index contributed by atoms with van der Waals surface area (Å²) in [5.41, 5.74) is 3.95. The van der Waals surface area contributed by atoms with Crippen molar-refractivity contribution in [2.75, 3.05) is 37.6 Å². The van der Waals surface area contributed by atoms with Gasteiger partial charge in [0, 0.05) is 17.5 Å². The van der Waals surface area contributed by atoms with E-state index < -0.39 is 0 Å². The minimum atomic E-state index is 0.270. The van der Waals surface area contributed by atoms with Crippen molar-refractivity contribution in [2.45, 2.75) is 13.8 Å². The number of rotatable bonds is 4. The number of piperazine rings is 1. The van der Waals surface area contributed by atoms with Gasteiger partial charge in [-0.15, -0.1) is 0 Å². The molecule has 3 rings (SSSR count). The summed E-state index contributed by atoms with van der Waals surface area (Å²) in [4.78, 5) is 8.60. The second kappa shape index (κ2) is 7.49. The molecule has 1 aliphatic heterocycles. The molecule has 2 N–H and O–H groups in total. The maximum atomic E-state index is 9.93. The number of benzene rings is 2. The molecule has 1 aliphatic rings. The van der Waals surface area contributed by atoms with Gasteiger partial charge in [-0.05, 0) is 55.8 Å². The van der Waals surface area contributed by atoms with E-state index in [-0.39, 0.29) is 5.75 Å². The second-order valence-electron chi connectivity index (χ2n) is 6.43. The number of aromatic hydroxyl groups is 1. The Morgan fingerprint density at radius 1 is 1.12 bits per heavy atom. The molecular formula is C20H26N3O+. The molecule has 1 saturated heterocycles. The largest absolute Gasteiger partial charge is 0.507 e. The molecule has 126 valence electrons. The summed E-state index contributed by atoms with van der Waals surface area (Å²) >= 11 is 0. The molecule has 4 heteroatoms. The highest BCUT2D eigenvalue weighted by Gasteiger charge is 2.18. The Labute approximate surface area is 144 Å². The lowest BCUT2D eigenvalue weighted by Gasteiger charge is -2.33. The van der Waals surface area contributed by atoms with E-state index in [9.17, 15) is 5.11 Å². The van der Waals surface area contributed by atoms with Crippen molar-refractivity contribution in [3.05, 3.63) is 53.6 Å². The van der Waals surface area contributed by atoms with Crippen LogP contribution in [0.3, 0.4) is 0 Å². The second-order valence-corrected chi connectivity index (χ2v) is 6.43. The zero-order chi connectivity index (χ0) is 16.9. The lowest BCUT2D eigenvalue weighted by atomic mass is 10.1. The minimum absolute atomic E-state index is 0.270. The molecule has 0 aromatic heterocycles. The van der Waals surface area contributed by atoms with E-state index in [1.54, 1.807) is 17.2 Å². The lowest BCUT2D eigenvalue weighted by Crippen LogP contribution is -3.14. The third-order valence-electron chi connectivity index (χ3n) is 4.72. The normalized spacial score (nSPS) is 16.0. The van der Waals surface area contributed by atoms with E-state index >= 15 is 0 Å². The fraction of sp³-hybridized carbons (Fsp3) is 0.350. The zero-order valence-corrected chi connectivity index (χ0v) is 14.5. The Hall–Kier alpha value is -2.33. The van der Waals surface area contributed by atoms with Crippen molar-refractivity contribution in [2.24, 2.45) is 4.99 Å². The first-order valence-electron chi connectivity index (χ1n) is 8.68. The predicted molar refractivity (Wildman–Crippen MR) is 100.0 cm³/mol. The van der Waals surface area contributed by atoms with Crippen LogP contribution in [0.15, 0.2) is 47.5 Å². The molecule has 0 amide bonds. The van der Waals surface area contributed by atoms with Gasteiger partial charge < -0.3 is 14.9 Å². The molecule has 2 aromatic carbocycles. The van der Waals surface area contributed by atoms with Gasteiger partial charge in [0.2, 0.25) is 0 Å². The maximum absolute atomic E-state index is 9.93. The van der Waals surface area contributed by atoms with Gasteiger partial charge in [0.15, 0.2) is 0 Å². The van der Waals surface area contributed by atoms with Crippen molar-refractivity contribution in [1.29, 1.82) is 0 Å². The van der Waals surface area contributed by atoms with Crippen LogP contribution in [0.4, 0.5) is 11.4 Å².